The first-order valence-corrected chi connectivity index (χ1v) is 5.23. The molecule has 1 aliphatic heterocycles. The molecule has 18 heavy (non-hydrogen) atoms. The van der Waals surface area contributed by atoms with Gasteiger partial charge in [-0.3, -0.25) is 29.3 Å². The number of aromatic nitrogens is 2. The number of anilines is 1. The van der Waals surface area contributed by atoms with Crippen LogP contribution in [0.25, 0.3) is 0 Å². The Hall–Kier alpha value is -2.38. The molecule has 1 atom stereocenters. The summed E-state index contributed by atoms with van der Waals surface area (Å²) in [6.45, 7) is 0.0882. The Balaban J connectivity index is 2.29. The predicted octanol–water partition coefficient (Wildman–Crippen LogP) is -1.41. The van der Waals surface area contributed by atoms with Gasteiger partial charge in [0.05, 0.1) is 13.0 Å². The fourth-order valence-corrected chi connectivity index (χ4v) is 1.87. The number of hydrogen-bond donors (Lipinski definition) is 2. The number of nitrogens with zero attached hydrogens (tertiary/aromatic N) is 1. The third-order valence-electron chi connectivity index (χ3n) is 2.70. The molecule has 1 aliphatic rings. The molecule has 1 unspecified atom stereocenters. The summed E-state index contributed by atoms with van der Waals surface area (Å²) in [5.41, 5.74) is -1.31. The molecule has 8 nitrogen and oxygen atoms in total. The van der Waals surface area contributed by atoms with Crippen LogP contribution in [0.15, 0.2) is 15.7 Å². The van der Waals surface area contributed by atoms with Crippen molar-refractivity contribution in [1.29, 1.82) is 0 Å². The topological polar surface area (TPSA) is 112 Å². The molecule has 0 aromatic carbocycles. The van der Waals surface area contributed by atoms with E-state index in [1.54, 1.807) is 0 Å². The van der Waals surface area contributed by atoms with Crippen molar-refractivity contribution in [2.24, 2.45) is 5.92 Å². The van der Waals surface area contributed by atoms with E-state index >= 15 is 0 Å². The van der Waals surface area contributed by atoms with E-state index in [0.717, 1.165) is 6.07 Å². The second-order valence-corrected chi connectivity index (χ2v) is 3.90. The first-order valence-electron chi connectivity index (χ1n) is 5.23. The van der Waals surface area contributed by atoms with Crippen LogP contribution < -0.4 is 16.1 Å². The van der Waals surface area contributed by atoms with Gasteiger partial charge < -0.3 is 4.74 Å². The second kappa shape index (κ2) is 4.47. The number of aromatic amines is 2. The van der Waals surface area contributed by atoms with Gasteiger partial charge in [0.15, 0.2) is 0 Å². The molecule has 8 heteroatoms. The van der Waals surface area contributed by atoms with Gasteiger partial charge in [0.25, 0.3) is 5.56 Å². The molecule has 1 amide bonds. The number of amides is 1. The minimum absolute atomic E-state index is 0.00149. The Morgan fingerprint density at radius 1 is 1.39 bits per heavy atom. The number of H-pyrrole nitrogens is 2. The summed E-state index contributed by atoms with van der Waals surface area (Å²) in [6, 6.07) is 1.10. The van der Waals surface area contributed by atoms with Crippen molar-refractivity contribution < 1.29 is 14.3 Å². The van der Waals surface area contributed by atoms with E-state index < -0.39 is 23.1 Å². The molecule has 0 spiro atoms. The minimum Gasteiger partial charge on any atom is -0.469 e. The molecule has 2 heterocycles. The number of esters is 1. The number of ether oxygens (including phenoxy) is 1. The van der Waals surface area contributed by atoms with Crippen molar-refractivity contribution in [1.82, 2.24) is 9.97 Å². The zero-order valence-electron chi connectivity index (χ0n) is 9.56. The SMILES string of the molecule is COC(=O)C1CC(=O)N(c2cc(=O)[nH]c(=O)[nH]2)C1. The fraction of sp³-hybridized carbons (Fsp3) is 0.400. The lowest BCUT2D eigenvalue weighted by molar-refractivity contribution is -0.145. The van der Waals surface area contributed by atoms with E-state index in [1.165, 1.54) is 12.0 Å². The van der Waals surface area contributed by atoms with E-state index in [-0.39, 0.29) is 24.7 Å². The summed E-state index contributed by atoms with van der Waals surface area (Å²) < 4.78 is 4.56. The van der Waals surface area contributed by atoms with Gasteiger partial charge in [-0.05, 0) is 0 Å². The number of carbonyl (C=O) groups is 2. The van der Waals surface area contributed by atoms with Crippen LogP contribution in [0.2, 0.25) is 0 Å². The highest BCUT2D eigenvalue weighted by atomic mass is 16.5. The summed E-state index contributed by atoms with van der Waals surface area (Å²) in [5, 5.41) is 0. The predicted molar refractivity (Wildman–Crippen MR) is 60.2 cm³/mol. The van der Waals surface area contributed by atoms with Gasteiger partial charge >= 0.3 is 11.7 Å². The van der Waals surface area contributed by atoms with Crippen molar-refractivity contribution in [2.45, 2.75) is 6.42 Å². The average Bonchev–Trinajstić information content (AvgIpc) is 2.69. The highest BCUT2D eigenvalue weighted by Gasteiger charge is 2.36. The first-order chi connectivity index (χ1) is 8.51. The van der Waals surface area contributed by atoms with Crippen molar-refractivity contribution in [3.8, 4) is 0 Å². The average molecular weight is 253 g/mol. The summed E-state index contributed by atoms with van der Waals surface area (Å²) >= 11 is 0. The molecule has 2 N–H and O–H groups in total. The molecule has 1 fully saturated rings. The third kappa shape index (κ3) is 2.17. The van der Waals surface area contributed by atoms with E-state index in [1.807, 2.05) is 4.98 Å². The fourth-order valence-electron chi connectivity index (χ4n) is 1.87. The minimum atomic E-state index is -0.702. The van der Waals surface area contributed by atoms with Crippen molar-refractivity contribution in [3.05, 3.63) is 26.9 Å². The number of rotatable bonds is 2. The molecule has 0 radical (unpaired) electrons. The van der Waals surface area contributed by atoms with Crippen LogP contribution in [0.5, 0.6) is 0 Å². The quantitative estimate of drug-likeness (QED) is 0.629. The van der Waals surface area contributed by atoms with Crippen LogP contribution in [0.3, 0.4) is 0 Å². The molecule has 1 aromatic heterocycles. The molecule has 1 aromatic rings. The van der Waals surface area contributed by atoms with E-state index in [4.69, 9.17) is 0 Å². The van der Waals surface area contributed by atoms with Gasteiger partial charge in [-0.2, -0.15) is 0 Å². The number of hydrogen-bond acceptors (Lipinski definition) is 5. The Morgan fingerprint density at radius 3 is 2.72 bits per heavy atom. The summed E-state index contributed by atoms with van der Waals surface area (Å²) in [7, 11) is 1.24. The van der Waals surface area contributed by atoms with E-state index in [2.05, 4.69) is 9.72 Å². The van der Waals surface area contributed by atoms with Crippen molar-refractivity contribution in [2.75, 3.05) is 18.6 Å². The number of nitrogens with one attached hydrogen (secondary N) is 2. The lowest BCUT2D eigenvalue weighted by atomic mass is 10.1. The van der Waals surface area contributed by atoms with Crippen LogP contribution in [0.1, 0.15) is 6.42 Å². The third-order valence-corrected chi connectivity index (χ3v) is 2.70. The zero-order valence-corrected chi connectivity index (χ0v) is 9.56. The van der Waals surface area contributed by atoms with Crippen LogP contribution >= 0.6 is 0 Å². The molecule has 0 saturated carbocycles. The highest BCUT2D eigenvalue weighted by molar-refractivity contribution is 5.98. The molecule has 0 bridgehead atoms. The normalized spacial score (nSPS) is 19.1. The number of methoxy groups -OCH3 is 1. The van der Waals surface area contributed by atoms with Crippen molar-refractivity contribution >= 4 is 17.7 Å². The largest absolute Gasteiger partial charge is 0.469 e. The van der Waals surface area contributed by atoms with Crippen LogP contribution in [-0.2, 0) is 14.3 Å². The van der Waals surface area contributed by atoms with Crippen molar-refractivity contribution in [3.63, 3.8) is 0 Å². The van der Waals surface area contributed by atoms with E-state index in [0.29, 0.717) is 0 Å². The Bertz CT molecular complexity index is 574. The molecular formula is C10H11N3O5. The Labute approximate surface area is 101 Å². The maximum Gasteiger partial charge on any atom is 0.327 e. The molecule has 96 valence electrons. The monoisotopic (exact) mass is 253 g/mol. The van der Waals surface area contributed by atoms with Gasteiger partial charge in [-0.25, -0.2) is 4.79 Å². The van der Waals surface area contributed by atoms with Gasteiger partial charge in [0.1, 0.15) is 5.82 Å². The van der Waals surface area contributed by atoms with Crippen LogP contribution in [-0.4, -0.2) is 35.5 Å². The summed E-state index contributed by atoms with van der Waals surface area (Å²) in [6.07, 6.45) is 0.00149. The summed E-state index contributed by atoms with van der Waals surface area (Å²) in [4.78, 5) is 50.8. The smallest absolute Gasteiger partial charge is 0.327 e. The van der Waals surface area contributed by atoms with Gasteiger partial charge in [0.2, 0.25) is 5.91 Å². The molecule has 2 rings (SSSR count). The maximum absolute atomic E-state index is 11.7. The molecule has 0 aliphatic carbocycles. The molecular weight excluding hydrogens is 242 g/mol. The van der Waals surface area contributed by atoms with Crippen LogP contribution in [0, 0.1) is 5.92 Å². The lowest BCUT2D eigenvalue weighted by Gasteiger charge is -2.14. The van der Waals surface area contributed by atoms with Gasteiger partial charge in [0, 0.05) is 19.0 Å². The van der Waals surface area contributed by atoms with Crippen LogP contribution in [0.4, 0.5) is 5.82 Å². The standard InChI is InChI=1S/C10H11N3O5/c1-18-9(16)5-2-8(15)13(4-5)6-3-7(14)12-10(17)11-6/h3,5H,2,4H2,1H3,(H2,11,12,14,17). The highest BCUT2D eigenvalue weighted by Crippen LogP contribution is 2.22. The molecule has 1 saturated heterocycles. The first kappa shape index (κ1) is 12.1. The second-order valence-electron chi connectivity index (χ2n) is 3.90. The lowest BCUT2D eigenvalue weighted by Crippen LogP contribution is -2.32. The van der Waals surface area contributed by atoms with Gasteiger partial charge in [-0.15, -0.1) is 0 Å². The number of carbonyl (C=O) groups excluding carboxylic acids is 2. The summed E-state index contributed by atoms with van der Waals surface area (Å²) in [5.74, 6) is -1.32. The maximum atomic E-state index is 11.7. The Morgan fingerprint density at radius 2 is 2.11 bits per heavy atom. The van der Waals surface area contributed by atoms with E-state index in [9.17, 15) is 19.2 Å². The Kier molecular flexibility index (Phi) is 3.00. The van der Waals surface area contributed by atoms with Gasteiger partial charge in [-0.1, -0.05) is 0 Å². The zero-order chi connectivity index (χ0) is 13.3.